The van der Waals surface area contributed by atoms with Gasteiger partial charge < -0.3 is 10.3 Å². The van der Waals surface area contributed by atoms with Crippen molar-refractivity contribution in [3.63, 3.8) is 0 Å². The monoisotopic (exact) mass is 313 g/mol. The van der Waals surface area contributed by atoms with Gasteiger partial charge in [0.1, 0.15) is 5.65 Å². The average molecular weight is 313 g/mol. The molecule has 2 N–H and O–H groups in total. The van der Waals surface area contributed by atoms with Crippen LogP contribution in [0.1, 0.15) is 11.1 Å². The molecule has 1 amide bonds. The number of nitrogens with zero attached hydrogens (tertiary/aromatic N) is 1. The molecular weight excluding hydrogens is 300 g/mol. The predicted octanol–water partition coefficient (Wildman–Crippen LogP) is 3.17. The highest BCUT2D eigenvalue weighted by Crippen LogP contribution is 2.16. The number of benzene rings is 1. The van der Waals surface area contributed by atoms with Crippen molar-refractivity contribution in [1.82, 2.24) is 15.3 Å². The van der Waals surface area contributed by atoms with Gasteiger partial charge in [0.15, 0.2) is 11.6 Å². The lowest BCUT2D eigenvalue weighted by molar-refractivity contribution is -0.116. The molecule has 0 atom stereocenters. The molecule has 0 aliphatic rings. The number of hydrogen-bond acceptors (Lipinski definition) is 2. The summed E-state index contributed by atoms with van der Waals surface area (Å²) in [7, 11) is 0. The number of rotatable bonds is 4. The summed E-state index contributed by atoms with van der Waals surface area (Å²) < 4.78 is 25.9. The Bertz CT molecular complexity index is 886. The molecule has 3 rings (SSSR count). The lowest BCUT2D eigenvalue weighted by Crippen LogP contribution is -2.20. The average Bonchev–Trinajstić information content (AvgIpc) is 2.97. The molecule has 0 saturated heterocycles. The third kappa shape index (κ3) is 3.42. The maximum atomic E-state index is 13.1. The molecule has 0 bridgehead atoms. The number of hydrogen-bond donors (Lipinski definition) is 2. The first-order chi connectivity index (χ1) is 11.1. The zero-order valence-electron chi connectivity index (χ0n) is 12.0. The van der Waals surface area contributed by atoms with E-state index in [-0.39, 0.29) is 12.5 Å². The lowest BCUT2D eigenvalue weighted by Gasteiger charge is -2.03. The van der Waals surface area contributed by atoms with E-state index in [1.807, 2.05) is 12.1 Å². The third-order valence-corrected chi connectivity index (χ3v) is 3.35. The van der Waals surface area contributed by atoms with Gasteiger partial charge in [-0.2, -0.15) is 0 Å². The van der Waals surface area contributed by atoms with Crippen molar-refractivity contribution in [2.45, 2.75) is 6.54 Å². The maximum Gasteiger partial charge on any atom is 0.244 e. The first-order valence-corrected chi connectivity index (χ1v) is 6.95. The van der Waals surface area contributed by atoms with Crippen molar-refractivity contribution in [1.29, 1.82) is 0 Å². The van der Waals surface area contributed by atoms with E-state index in [1.165, 1.54) is 12.1 Å². The van der Waals surface area contributed by atoms with Gasteiger partial charge in [-0.3, -0.25) is 4.79 Å². The van der Waals surface area contributed by atoms with Crippen molar-refractivity contribution in [3.8, 4) is 0 Å². The number of nitrogens with one attached hydrogen (secondary N) is 2. The Morgan fingerprint density at radius 3 is 2.96 bits per heavy atom. The number of aromatic nitrogens is 2. The van der Waals surface area contributed by atoms with Gasteiger partial charge in [0, 0.05) is 36.0 Å². The summed E-state index contributed by atoms with van der Waals surface area (Å²) in [6.45, 7) is 0.121. The van der Waals surface area contributed by atoms with E-state index in [1.54, 1.807) is 18.5 Å². The first kappa shape index (κ1) is 14.9. The Kier molecular flexibility index (Phi) is 4.14. The summed E-state index contributed by atoms with van der Waals surface area (Å²) in [4.78, 5) is 19.0. The Hall–Kier alpha value is -3.02. The largest absolute Gasteiger partial charge is 0.348 e. The molecule has 2 heterocycles. The normalized spacial score (nSPS) is 11.2. The summed E-state index contributed by atoms with van der Waals surface area (Å²) in [5.74, 6) is -2.17. The van der Waals surface area contributed by atoms with Crippen LogP contribution in [0.15, 0.2) is 48.8 Å². The van der Waals surface area contributed by atoms with Crippen LogP contribution in [-0.4, -0.2) is 15.9 Å². The Labute approximate surface area is 130 Å². The summed E-state index contributed by atoms with van der Waals surface area (Å²) in [5, 5.41) is 3.53. The second-order valence-corrected chi connectivity index (χ2v) is 4.94. The van der Waals surface area contributed by atoms with E-state index in [0.717, 1.165) is 28.7 Å². The fraction of sp³-hybridized carbons (Fsp3) is 0.0588. The topological polar surface area (TPSA) is 57.8 Å². The van der Waals surface area contributed by atoms with Crippen LogP contribution in [0, 0.1) is 11.6 Å². The number of carbonyl (C=O) groups excluding carboxylic acids is 1. The second kappa shape index (κ2) is 6.39. The van der Waals surface area contributed by atoms with E-state index < -0.39 is 11.6 Å². The summed E-state index contributed by atoms with van der Waals surface area (Å²) in [6, 6.07) is 7.23. The van der Waals surface area contributed by atoms with E-state index in [2.05, 4.69) is 15.3 Å². The molecule has 0 unspecified atom stereocenters. The van der Waals surface area contributed by atoms with Gasteiger partial charge in [-0.1, -0.05) is 6.07 Å². The van der Waals surface area contributed by atoms with Crippen molar-refractivity contribution >= 4 is 23.0 Å². The van der Waals surface area contributed by atoms with Crippen LogP contribution in [0.5, 0.6) is 0 Å². The number of H-pyrrole nitrogens is 1. The molecule has 1 aromatic carbocycles. The van der Waals surface area contributed by atoms with Gasteiger partial charge in [-0.25, -0.2) is 13.8 Å². The van der Waals surface area contributed by atoms with Crippen molar-refractivity contribution in [2.24, 2.45) is 0 Å². The highest BCUT2D eigenvalue weighted by atomic mass is 19.2. The van der Waals surface area contributed by atoms with Crippen LogP contribution < -0.4 is 5.32 Å². The van der Waals surface area contributed by atoms with E-state index in [9.17, 15) is 13.6 Å². The van der Waals surface area contributed by atoms with Crippen molar-refractivity contribution in [2.75, 3.05) is 0 Å². The zero-order chi connectivity index (χ0) is 16.2. The summed E-state index contributed by atoms with van der Waals surface area (Å²) in [5.41, 5.74) is 2.08. The molecule has 116 valence electrons. The van der Waals surface area contributed by atoms with Crippen LogP contribution in [0.4, 0.5) is 8.78 Å². The zero-order valence-corrected chi connectivity index (χ0v) is 12.0. The molecular formula is C17H13F2N3O. The molecule has 0 aliphatic heterocycles. The Morgan fingerprint density at radius 1 is 1.26 bits per heavy atom. The van der Waals surface area contributed by atoms with E-state index in [0.29, 0.717) is 5.56 Å². The van der Waals surface area contributed by atoms with Crippen molar-refractivity contribution in [3.05, 3.63) is 71.6 Å². The lowest BCUT2D eigenvalue weighted by atomic mass is 10.2. The van der Waals surface area contributed by atoms with Gasteiger partial charge in [0.2, 0.25) is 5.91 Å². The van der Waals surface area contributed by atoms with Gasteiger partial charge >= 0.3 is 0 Å². The standard InChI is InChI=1S/C17H13F2N3O/c18-14-5-3-11(8-15(14)19)9-21-16(23)6-4-12-10-22-17-13(12)2-1-7-20-17/h1-8,10H,9H2,(H,20,22)(H,21,23)/b6-4+. The molecule has 4 nitrogen and oxygen atoms in total. The minimum absolute atomic E-state index is 0.121. The fourth-order valence-corrected chi connectivity index (χ4v) is 2.18. The van der Waals surface area contributed by atoms with Crippen LogP contribution >= 0.6 is 0 Å². The number of amides is 1. The minimum atomic E-state index is -0.932. The van der Waals surface area contributed by atoms with Crippen LogP contribution in [0.25, 0.3) is 17.1 Å². The van der Waals surface area contributed by atoms with Gasteiger partial charge in [-0.05, 0) is 35.9 Å². The van der Waals surface area contributed by atoms with Gasteiger partial charge in [0.05, 0.1) is 0 Å². The molecule has 23 heavy (non-hydrogen) atoms. The first-order valence-electron chi connectivity index (χ1n) is 6.95. The molecule has 0 spiro atoms. The highest BCUT2D eigenvalue weighted by Gasteiger charge is 2.04. The minimum Gasteiger partial charge on any atom is -0.348 e. The highest BCUT2D eigenvalue weighted by molar-refractivity contribution is 5.95. The van der Waals surface area contributed by atoms with Gasteiger partial charge in [0.25, 0.3) is 0 Å². The molecule has 6 heteroatoms. The van der Waals surface area contributed by atoms with E-state index >= 15 is 0 Å². The molecule has 0 radical (unpaired) electrons. The quantitative estimate of drug-likeness (QED) is 0.727. The SMILES string of the molecule is O=C(/C=C/c1c[nH]c2ncccc12)NCc1ccc(F)c(F)c1. The maximum absolute atomic E-state index is 13.1. The summed E-state index contributed by atoms with van der Waals surface area (Å²) in [6.07, 6.45) is 6.49. The van der Waals surface area contributed by atoms with Crippen LogP contribution in [-0.2, 0) is 11.3 Å². The molecule has 3 aromatic rings. The number of carbonyl (C=O) groups is 1. The number of fused-ring (bicyclic) bond motifs is 1. The smallest absolute Gasteiger partial charge is 0.244 e. The molecule has 2 aromatic heterocycles. The molecule has 0 aliphatic carbocycles. The third-order valence-electron chi connectivity index (χ3n) is 3.35. The second-order valence-electron chi connectivity index (χ2n) is 4.94. The number of pyridine rings is 1. The predicted molar refractivity (Wildman–Crippen MR) is 83.3 cm³/mol. The number of halogens is 2. The summed E-state index contributed by atoms with van der Waals surface area (Å²) >= 11 is 0. The van der Waals surface area contributed by atoms with E-state index in [4.69, 9.17) is 0 Å². The fourth-order valence-electron chi connectivity index (χ4n) is 2.18. The van der Waals surface area contributed by atoms with Crippen LogP contribution in [0.2, 0.25) is 0 Å². The number of aromatic amines is 1. The van der Waals surface area contributed by atoms with Gasteiger partial charge in [-0.15, -0.1) is 0 Å². The van der Waals surface area contributed by atoms with Crippen molar-refractivity contribution < 1.29 is 13.6 Å². The Morgan fingerprint density at radius 2 is 2.13 bits per heavy atom. The Balaban J connectivity index is 1.63. The molecule has 0 fully saturated rings. The van der Waals surface area contributed by atoms with Crippen LogP contribution in [0.3, 0.4) is 0 Å². The molecule has 0 saturated carbocycles.